The second kappa shape index (κ2) is 7.32. The number of hydrogen-bond donors (Lipinski definition) is 1. The standard InChI is InChI=1S/C18H24N4OS/c1-13-6-9-24-17(13)16(21(2)3)10-20-18(23)22-11-15(12-22)14-4-7-19-8-5-14/h4-9,15-16H,10-12H2,1-3H3,(H,20,23)/t16-/m1/s1. The van der Waals surface area contributed by atoms with Crippen molar-refractivity contribution in [1.82, 2.24) is 20.1 Å². The molecule has 6 heteroatoms. The van der Waals surface area contributed by atoms with Crippen LogP contribution in [0.3, 0.4) is 0 Å². The Bertz CT molecular complexity index is 679. The molecule has 3 heterocycles. The van der Waals surface area contributed by atoms with Crippen molar-refractivity contribution in [1.29, 1.82) is 0 Å². The van der Waals surface area contributed by atoms with Gasteiger partial charge in [-0.15, -0.1) is 11.3 Å². The van der Waals surface area contributed by atoms with Crippen LogP contribution in [0.25, 0.3) is 0 Å². The van der Waals surface area contributed by atoms with Gasteiger partial charge >= 0.3 is 6.03 Å². The molecular weight excluding hydrogens is 320 g/mol. The third kappa shape index (κ3) is 3.60. The van der Waals surface area contributed by atoms with Crippen molar-refractivity contribution in [2.75, 3.05) is 33.7 Å². The minimum Gasteiger partial charge on any atom is -0.336 e. The lowest BCUT2D eigenvalue weighted by Crippen LogP contribution is -2.53. The Balaban J connectivity index is 1.52. The second-order valence-electron chi connectivity index (χ2n) is 6.52. The van der Waals surface area contributed by atoms with Crippen LogP contribution in [-0.2, 0) is 0 Å². The van der Waals surface area contributed by atoms with E-state index >= 15 is 0 Å². The number of nitrogens with zero attached hydrogens (tertiary/aromatic N) is 3. The molecule has 0 bridgehead atoms. The van der Waals surface area contributed by atoms with Crippen LogP contribution in [0.4, 0.5) is 4.79 Å². The summed E-state index contributed by atoms with van der Waals surface area (Å²) in [6, 6.07) is 6.43. The number of nitrogens with one attached hydrogen (secondary N) is 1. The first-order chi connectivity index (χ1) is 11.6. The molecule has 0 aliphatic carbocycles. The molecule has 0 radical (unpaired) electrons. The first-order valence-electron chi connectivity index (χ1n) is 8.19. The number of likely N-dealkylation sites (N-methyl/N-ethyl adjacent to an activating group) is 1. The molecule has 0 unspecified atom stereocenters. The van der Waals surface area contributed by atoms with Gasteiger partial charge in [-0.05, 0) is 55.7 Å². The summed E-state index contributed by atoms with van der Waals surface area (Å²) in [6.07, 6.45) is 3.62. The van der Waals surface area contributed by atoms with Crippen LogP contribution >= 0.6 is 11.3 Å². The minimum atomic E-state index is 0.0290. The predicted octanol–water partition coefficient (Wildman–Crippen LogP) is 2.86. The van der Waals surface area contributed by atoms with Gasteiger partial charge in [-0.1, -0.05) is 0 Å². The van der Waals surface area contributed by atoms with Crippen LogP contribution in [0.15, 0.2) is 36.0 Å². The monoisotopic (exact) mass is 344 g/mol. The summed E-state index contributed by atoms with van der Waals surface area (Å²) in [4.78, 5) is 21.8. The Hall–Kier alpha value is -1.92. The van der Waals surface area contributed by atoms with Crippen LogP contribution in [-0.4, -0.2) is 54.5 Å². The third-order valence-electron chi connectivity index (χ3n) is 4.62. The highest BCUT2D eigenvalue weighted by molar-refractivity contribution is 7.10. The molecule has 5 nitrogen and oxygen atoms in total. The second-order valence-corrected chi connectivity index (χ2v) is 7.46. The van der Waals surface area contributed by atoms with Crippen molar-refractivity contribution in [2.24, 2.45) is 0 Å². The number of amides is 2. The number of aromatic nitrogens is 1. The summed E-state index contributed by atoms with van der Waals surface area (Å²) in [6.45, 7) is 4.31. The van der Waals surface area contributed by atoms with Gasteiger partial charge in [-0.2, -0.15) is 0 Å². The van der Waals surface area contributed by atoms with Crippen molar-refractivity contribution in [3.8, 4) is 0 Å². The predicted molar refractivity (Wildman–Crippen MR) is 97.4 cm³/mol. The van der Waals surface area contributed by atoms with Crippen LogP contribution in [0.2, 0.25) is 0 Å². The van der Waals surface area contributed by atoms with Gasteiger partial charge in [0, 0.05) is 42.8 Å². The van der Waals surface area contributed by atoms with Gasteiger partial charge in [0.1, 0.15) is 0 Å². The van der Waals surface area contributed by atoms with Crippen molar-refractivity contribution in [3.05, 3.63) is 52.0 Å². The number of thiophene rings is 1. The molecule has 0 saturated carbocycles. The van der Waals surface area contributed by atoms with E-state index < -0.39 is 0 Å². The Labute approximate surface area is 147 Å². The SMILES string of the molecule is Cc1ccsc1[C@@H](CNC(=O)N1CC(c2ccncc2)C1)N(C)C. The molecule has 2 aromatic heterocycles. The summed E-state index contributed by atoms with van der Waals surface area (Å²) in [5, 5.41) is 5.20. The molecule has 1 fully saturated rings. The molecule has 2 amide bonds. The van der Waals surface area contributed by atoms with E-state index in [-0.39, 0.29) is 12.1 Å². The van der Waals surface area contributed by atoms with E-state index in [0.717, 1.165) is 13.1 Å². The van der Waals surface area contributed by atoms with E-state index in [1.54, 1.807) is 11.3 Å². The fourth-order valence-corrected chi connectivity index (χ4v) is 4.15. The fraction of sp³-hybridized carbons (Fsp3) is 0.444. The van der Waals surface area contributed by atoms with Gasteiger partial charge in [0.25, 0.3) is 0 Å². The average molecular weight is 344 g/mol. The minimum absolute atomic E-state index is 0.0290. The summed E-state index contributed by atoms with van der Waals surface area (Å²) in [5.41, 5.74) is 2.55. The maximum absolute atomic E-state index is 12.4. The smallest absolute Gasteiger partial charge is 0.317 e. The molecule has 1 atom stereocenters. The highest BCUT2D eigenvalue weighted by Crippen LogP contribution is 2.28. The zero-order valence-corrected chi connectivity index (χ0v) is 15.2. The molecule has 24 heavy (non-hydrogen) atoms. The van der Waals surface area contributed by atoms with E-state index in [4.69, 9.17) is 0 Å². The Kier molecular flexibility index (Phi) is 5.16. The largest absolute Gasteiger partial charge is 0.336 e. The van der Waals surface area contributed by atoms with Gasteiger partial charge in [0.2, 0.25) is 0 Å². The molecule has 1 aliphatic heterocycles. The lowest BCUT2D eigenvalue weighted by atomic mass is 9.93. The van der Waals surface area contributed by atoms with E-state index in [0.29, 0.717) is 12.5 Å². The van der Waals surface area contributed by atoms with Crippen molar-refractivity contribution in [2.45, 2.75) is 18.9 Å². The highest BCUT2D eigenvalue weighted by atomic mass is 32.1. The van der Waals surface area contributed by atoms with Crippen molar-refractivity contribution < 1.29 is 4.79 Å². The molecule has 1 N–H and O–H groups in total. The average Bonchev–Trinajstić information content (AvgIpc) is 2.93. The molecule has 0 aromatic carbocycles. The van der Waals surface area contributed by atoms with Gasteiger partial charge in [0.15, 0.2) is 0 Å². The maximum Gasteiger partial charge on any atom is 0.317 e. The lowest BCUT2D eigenvalue weighted by molar-refractivity contribution is 0.148. The normalized spacial score (nSPS) is 16.1. The number of pyridine rings is 1. The van der Waals surface area contributed by atoms with Gasteiger partial charge in [-0.25, -0.2) is 4.79 Å². The van der Waals surface area contributed by atoms with E-state index in [9.17, 15) is 4.79 Å². The number of carbonyl (C=O) groups is 1. The zero-order valence-electron chi connectivity index (χ0n) is 14.4. The quantitative estimate of drug-likeness (QED) is 0.907. The molecule has 1 aliphatic rings. The Morgan fingerprint density at radius 3 is 2.67 bits per heavy atom. The number of hydrogen-bond acceptors (Lipinski definition) is 4. The summed E-state index contributed by atoms with van der Waals surface area (Å²) >= 11 is 1.75. The van der Waals surface area contributed by atoms with Gasteiger partial charge in [0.05, 0.1) is 6.04 Å². The lowest BCUT2D eigenvalue weighted by Gasteiger charge is -2.39. The summed E-state index contributed by atoms with van der Waals surface area (Å²) in [5.74, 6) is 0.433. The van der Waals surface area contributed by atoms with E-state index in [2.05, 4.69) is 47.7 Å². The molecule has 3 rings (SSSR count). The number of rotatable bonds is 5. The number of carbonyl (C=O) groups excluding carboxylic acids is 1. The van der Waals surface area contributed by atoms with Gasteiger partial charge < -0.3 is 15.1 Å². The first-order valence-corrected chi connectivity index (χ1v) is 9.07. The van der Waals surface area contributed by atoms with Crippen LogP contribution < -0.4 is 5.32 Å². The fourth-order valence-electron chi connectivity index (χ4n) is 3.02. The highest BCUT2D eigenvalue weighted by Gasteiger charge is 2.32. The Morgan fingerprint density at radius 1 is 1.38 bits per heavy atom. The molecular formula is C18H24N4OS. The van der Waals surface area contributed by atoms with Crippen molar-refractivity contribution in [3.63, 3.8) is 0 Å². The van der Waals surface area contributed by atoms with Crippen molar-refractivity contribution >= 4 is 17.4 Å². The topological polar surface area (TPSA) is 48.5 Å². The summed E-state index contributed by atoms with van der Waals surface area (Å²) in [7, 11) is 4.11. The van der Waals surface area contributed by atoms with Gasteiger partial charge in [-0.3, -0.25) is 4.98 Å². The summed E-state index contributed by atoms with van der Waals surface area (Å²) < 4.78 is 0. The zero-order chi connectivity index (χ0) is 17.1. The number of aryl methyl sites for hydroxylation is 1. The molecule has 1 saturated heterocycles. The first kappa shape index (κ1) is 16.9. The number of urea groups is 1. The molecule has 0 spiro atoms. The number of likely N-dealkylation sites (tertiary alicyclic amines) is 1. The maximum atomic E-state index is 12.4. The van der Waals surface area contributed by atoms with Crippen LogP contribution in [0.1, 0.15) is 28.0 Å². The van der Waals surface area contributed by atoms with E-state index in [1.807, 2.05) is 29.4 Å². The van der Waals surface area contributed by atoms with Crippen LogP contribution in [0.5, 0.6) is 0 Å². The Morgan fingerprint density at radius 2 is 2.08 bits per heavy atom. The molecule has 128 valence electrons. The van der Waals surface area contributed by atoms with E-state index in [1.165, 1.54) is 16.0 Å². The molecule has 2 aromatic rings. The van der Waals surface area contributed by atoms with Crippen LogP contribution in [0, 0.1) is 6.92 Å². The third-order valence-corrected chi connectivity index (χ3v) is 5.74.